The van der Waals surface area contributed by atoms with E-state index in [9.17, 15) is 9.59 Å². The molecule has 12 heteroatoms. The molecule has 5 rings (SSSR count). The molecule has 0 spiro atoms. The van der Waals surface area contributed by atoms with Gasteiger partial charge in [-0.15, -0.1) is 0 Å². The average molecular weight is 501 g/mol. The van der Waals surface area contributed by atoms with Gasteiger partial charge in [-0.3, -0.25) is 23.8 Å². The molecule has 1 amide bonds. The zero-order valence-electron chi connectivity index (χ0n) is 21.1. The SMILES string of the molecule is C/N=C(/C)NC(=O)c1c(N)ncnc1N[C@@H](C)c1nc2cccc(-c3cnn(C)c3)c2c(=O)n1C1CC1. The van der Waals surface area contributed by atoms with Crippen molar-refractivity contribution in [2.75, 3.05) is 18.1 Å². The molecule has 1 aliphatic carbocycles. The van der Waals surface area contributed by atoms with Crippen LogP contribution in [-0.2, 0) is 7.05 Å². The van der Waals surface area contributed by atoms with Gasteiger partial charge in [-0.05, 0) is 38.3 Å². The van der Waals surface area contributed by atoms with Crippen LogP contribution in [0.5, 0.6) is 0 Å². The van der Waals surface area contributed by atoms with Gasteiger partial charge in [-0.2, -0.15) is 5.10 Å². The lowest BCUT2D eigenvalue weighted by Crippen LogP contribution is -2.31. The lowest BCUT2D eigenvalue weighted by molar-refractivity contribution is 0.0978. The number of aliphatic imine (C=N–C) groups is 1. The molecule has 37 heavy (non-hydrogen) atoms. The largest absolute Gasteiger partial charge is 0.383 e. The molecular weight excluding hydrogens is 472 g/mol. The molecule has 1 aliphatic rings. The second kappa shape index (κ2) is 9.45. The highest BCUT2D eigenvalue weighted by Gasteiger charge is 2.31. The van der Waals surface area contributed by atoms with Gasteiger partial charge in [0.15, 0.2) is 0 Å². The van der Waals surface area contributed by atoms with Gasteiger partial charge < -0.3 is 16.4 Å². The fourth-order valence-corrected chi connectivity index (χ4v) is 4.34. The Balaban J connectivity index is 1.59. The summed E-state index contributed by atoms with van der Waals surface area (Å²) >= 11 is 0. The van der Waals surface area contributed by atoms with E-state index in [4.69, 9.17) is 10.7 Å². The van der Waals surface area contributed by atoms with Gasteiger partial charge >= 0.3 is 0 Å². The number of hydrogen-bond donors (Lipinski definition) is 3. The summed E-state index contributed by atoms with van der Waals surface area (Å²) in [5.74, 6) is 0.761. The van der Waals surface area contributed by atoms with Crippen molar-refractivity contribution in [3.63, 3.8) is 0 Å². The molecule has 0 aliphatic heterocycles. The third-order valence-corrected chi connectivity index (χ3v) is 6.36. The van der Waals surface area contributed by atoms with Crippen molar-refractivity contribution in [2.45, 2.75) is 38.8 Å². The summed E-state index contributed by atoms with van der Waals surface area (Å²) in [6, 6.07) is 5.22. The van der Waals surface area contributed by atoms with Gasteiger partial charge in [-0.1, -0.05) is 12.1 Å². The first-order valence-electron chi connectivity index (χ1n) is 11.9. The van der Waals surface area contributed by atoms with Crippen molar-refractivity contribution >= 4 is 34.3 Å². The highest BCUT2D eigenvalue weighted by atomic mass is 16.2. The van der Waals surface area contributed by atoms with Gasteiger partial charge in [0.2, 0.25) is 0 Å². The van der Waals surface area contributed by atoms with E-state index in [0.29, 0.717) is 22.6 Å². The van der Waals surface area contributed by atoms with Gasteiger partial charge in [0.05, 0.1) is 29.0 Å². The summed E-state index contributed by atoms with van der Waals surface area (Å²) in [5.41, 5.74) is 8.26. The predicted octanol–water partition coefficient (Wildman–Crippen LogP) is 2.46. The number of fused-ring (bicyclic) bond motifs is 1. The predicted molar refractivity (Wildman–Crippen MR) is 141 cm³/mol. The van der Waals surface area contributed by atoms with Crippen molar-refractivity contribution in [1.29, 1.82) is 0 Å². The first kappa shape index (κ1) is 24.1. The van der Waals surface area contributed by atoms with E-state index in [2.05, 4.69) is 30.7 Å². The van der Waals surface area contributed by atoms with Crippen LogP contribution in [0.1, 0.15) is 55.0 Å². The molecule has 190 valence electrons. The molecule has 1 saturated carbocycles. The summed E-state index contributed by atoms with van der Waals surface area (Å²) in [6.07, 6.45) is 6.69. The van der Waals surface area contributed by atoms with Crippen LogP contribution in [0.4, 0.5) is 11.6 Å². The lowest BCUT2D eigenvalue weighted by Gasteiger charge is -2.21. The molecule has 0 radical (unpaired) electrons. The van der Waals surface area contributed by atoms with Crippen molar-refractivity contribution in [2.24, 2.45) is 12.0 Å². The zero-order chi connectivity index (χ0) is 26.3. The van der Waals surface area contributed by atoms with Gasteiger partial charge in [0.1, 0.15) is 29.4 Å². The number of nitrogens with one attached hydrogen (secondary N) is 2. The molecule has 0 unspecified atom stereocenters. The van der Waals surface area contributed by atoms with Gasteiger partial charge in [-0.25, -0.2) is 15.0 Å². The molecule has 3 aromatic heterocycles. The van der Waals surface area contributed by atoms with Gasteiger partial charge in [0.25, 0.3) is 11.5 Å². The second-order valence-corrected chi connectivity index (χ2v) is 9.09. The van der Waals surface area contributed by atoms with E-state index in [1.807, 2.05) is 38.4 Å². The first-order chi connectivity index (χ1) is 17.8. The Bertz CT molecular complexity index is 1600. The zero-order valence-corrected chi connectivity index (χ0v) is 21.1. The minimum absolute atomic E-state index is 0.0262. The molecule has 1 atom stereocenters. The fraction of sp³-hybridized carbons (Fsp3) is 0.320. The first-order valence-corrected chi connectivity index (χ1v) is 11.9. The van der Waals surface area contributed by atoms with Crippen molar-refractivity contribution in [3.8, 4) is 11.1 Å². The smallest absolute Gasteiger partial charge is 0.264 e. The number of aryl methyl sites for hydroxylation is 1. The molecule has 1 fully saturated rings. The van der Waals surface area contributed by atoms with Crippen molar-refractivity contribution in [1.82, 2.24) is 34.6 Å². The summed E-state index contributed by atoms with van der Waals surface area (Å²) in [6.45, 7) is 3.54. The number of rotatable bonds is 6. The summed E-state index contributed by atoms with van der Waals surface area (Å²) < 4.78 is 3.47. The topological polar surface area (TPSA) is 158 Å². The number of nitrogens with zero attached hydrogens (tertiary/aromatic N) is 7. The van der Waals surface area contributed by atoms with Crippen LogP contribution in [0.25, 0.3) is 22.0 Å². The number of amidine groups is 1. The normalized spacial score (nSPS) is 14.5. The van der Waals surface area contributed by atoms with Crippen LogP contribution in [0.2, 0.25) is 0 Å². The van der Waals surface area contributed by atoms with Crippen LogP contribution in [-0.4, -0.2) is 48.1 Å². The molecule has 4 N–H and O–H groups in total. The standard InChI is InChI=1S/C25H28N10O2/c1-13(31-22-20(21(26)28-12-29-22)24(36)32-14(2)27-3)23-33-18-7-5-6-17(15-10-30-34(4)11-15)19(18)25(37)35(23)16-8-9-16/h5-7,10-13,16H,8-9H2,1-4H3,(H,27,32,36)(H3,26,28,29,31)/t13-/m0/s1. The maximum absolute atomic E-state index is 13.9. The van der Waals surface area contributed by atoms with Crippen LogP contribution in [0.3, 0.4) is 0 Å². The quantitative estimate of drug-likeness (QED) is 0.269. The van der Waals surface area contributed by atoms with Crippen LogP contribution >= 0.6 is 0 Å². The monoisotopic (exact) mass is 500 g/mol. The number of aromatic nitrogens is 6. The number of nitrogens with two attached hydrogens (primary N) is 1. The Hall–Kier alpha value is -4.61. The Morgan fingerprint density at radius 3 is 2.73 bits per heavy atom. The molecule has 0 saturated heterocycles. The number of carbonyl (C=O) groups is 1. The minimum Gasteiger partial charge on any atom is -0.383 e. The summed E-state index contributed by atoms with van der Waals surface area (Å²) in [7, 11) is 3.41. The molecular formula is C25H28N10O2. The molecule has 0 bridgehead atoms. The number of hydrogen-bond acceptors (Lipinski definition) is 9. The Morgan fingerprint density at radius 1 is 1.27 bits per heavy atom. The summed E-state index contributed by atoms with van der Waals surface area (Å²) in [4.78, 5) is 43.9. The Labute approximate surface area is 212 Å². The Morgan fingerprint density at radius 2 is 2.05 bits per heavy atom. The maximum atomic E-state index is 13.9. The van der Waals surface area contributed by atoms with Gasteiger partial charge in [0, 0.05) is 31.9 Å². The van der Waals surface area contributed by atoms with E-state index < -0.39 is 11.9 Å². The molecule has 3 heterocycles. The minimum atomic E-state index is -0.483. The third kappa shape index (κ3) is 4.53. The van der Waals surface area contributed by atoms with Crippen LogP contribution in [0.15, 0.2) is 46.7 Å². The fourth-order valence-electron chi connectivity index (χ4n) is 4.34. The van der Waals surface area contributed by atoms with E-state index in [-0.39, 0.29) is 28.8 Å². The van der Waals surface area contributed by atoms with Crippen LogP contribution < -0.4 is 21.9 Å². The van der Waals surface area contributed by atoms with E-state index in [1.54, 1.807) is 29.4 Å². The maximum Gasteiger partial charge on any atom is 0.264 e. The van der Waals surface area contributed by atoms with Crippen LogP contribution in [0, 0.1) is 0 Å². The second-order valence-electron chi connectivity index (χ2n) is 9.09. The molecule has 1 aromatic carbocycles. The number of anilines is 2. The van der Waals surface area contributed by atoms with E-state index >= 15 is 0 Å². The van der Waals surface area contributed by atoms with Crippen molar-refractivity contribution in [3.05, 3.63) is 58.7 Å². The number of nitrogen functional groups attached to an aromatic ring is 1. The van der Waals surface area contributed by atoms with Crippen molar-refractivity contribution < 1.29 is 4.79 Å². The number of benzene rings is 1. The Kier molecular flexibility index (Phi) is 6.15. The molecule has 4 aromatic rings. The highest BCUT2D eigenvalue weighted by Crippen LogP contribution is 2.37. The highest BCUT2D eigenvalue weighted by molar-refractivity contribution is 6.10. The molecule has 12 nitrogen and oxygen atoms in total. The number of carbonyl (C=O) groups excluding carboxylic acids is 1. The third-order valence-electron chi connectivity index (χ3n) is 6.36. The average Bonchev–Trinajstić information content (AvgIpc) is 3.62. The lowest BCUT2D eigenvalue weighted by atomic mass is 10.0. The van der Waals surface area contributed by atoms with E-state index in [1.165, 1.54) is 6.33 Å². The van der Waals surface area contributed by atoms with E-state index in [0.717, 1.165) is 24.0 Å². The number of amides is 1. The summed E-state index contributed by atoms with van der Waals surface area (Å²) in [5, 5.41) is 10.7.